The van der Waals surface area contributed by atoms with Crippen LogP contribution in [0.2, 0.25) is 0 Å². The molecule has 1 fully saturated rings. The number of hydrogen-bond acceptors (Lipinski definition) is 4. The molecule has 0 saturated heterocycles. The third-order valence-corrected chi connectivity index (χ3v) is 4.06. The van der Waals surface area contributed by atoms with Gasteiger partial charge in [-0.1, -0.05) is 32.8 Å². The molecule has 0 aromatic heterocycles. The van der Waals surface area contributed by atoms with Crippen molar-refractivity contribution in [2.75, 3.05) is 6.61 Å². The van der Waals surface area contributed by atoms with Gasteiger partial charge in [-0.2, -0.15) is 0 Å². The number of rotatable bonds is 7. The molecule has 4 nitrogen and oxygen atoms in total. The molecule has 0 spiro atoms. The van der Waals surface area contributed by atoms with Gasteiger partial charge in [-0.05, 0) is 25.2 Å². The molecule has 1 saturated carbocycles. The molecule has 0 aromatic carbocycles. The number of aliphatic hydroxyl groups excluding tert-OH is 2. The zero-order valence-corrected chi connectivity index (χ0v) is 11.8. The Balaban J connectivity index is 2.61. The fraction of sp³-hybridized carbons (Fsp3) is 0.800. The summed E-state index contributed by atoms with van der Waals surface area (Å²) in [6.07, 6.45) is 5.94. The molecule has 1 aliphatic rings. The normalized spacial score (nSPS) is 21.4. The Morgan fingerprint density at radius 2 is 1.95 bits per heavy atom. The van der Waals surface area contributed by atoms with Crippen LogP contribution in [0.1, 0.15) is 45.4 Å². The van der Waals surface area contributed by atoms with E-state index in [4.69, 9.17) is 4.74 Å². The Hall–Kier alpha value is -0.870. The molecule has 0 aromatic rings. The molecule has 4 heteroatoms. The lowest BCUT2D eigenvalue weighted by molar-refractivity contribution is -0.144. The lowest BCUT2D eigenvalue weighted by Crippen LogP contribution is -2.41. The maximum atomic E-state index is 11.0. The minimum Gasteiger partial charge on any atom is -0.460 e. The maximum absolute atomic E-state index is 11.0. The van der Waals surface area contributed by atoms with Crippen LogP contribution in [0.15, 0.2) is 12.7 Å². The van der Waals surface area contributed by atoms with Crippen molar-refractivity contribution in [1.82, 2.24) is 0 Å². The molecule has 0 radical (unpaired) electrons. The summed E-state index contributed by atoms with van der Waals surface area (Å²) in [6, 6.07) is 0. The van der Waals surface area contributed by atoms with Crippen LogP contribution in [0.4, 0.5) is 0 Å². The van der Waals surface area contributed by atoms with Gasteiger partial charge in [-0.25, -0.2) is 4.79 Å². The van der Waals surface area contributed by atoms with Gasteiger partial charge in [0.25, 0.3) is 0 Å². The van der Waals surface area contributed by atoms with E-state index < -0.39 is 18.2 Å². The molecule has 0 bridgehead atoms. The van der Waals surface area contributed by atoms with Crippen LogP contribution in [-0.4, -0.2) is 35.0 Å². The number of aliphatic hydroxyl groups is 2. The van der Waals surface area contributed by atoms with Crippen molar-refractivity contribution in [3.05, 3.63) is 12.7 Å². The fourth-order valence-corrected chi connectivity index (χ4v) is 3.01. The molecular formula is C15H26O4. The second-order valence-electron chi connectivity index (χ2n) is 5.35. The first-order valence-corrected chi connectivity index (χ1v) is 7.25. The highest BCUT2D eigenvalue weighted by Crippen LogP contribution is 2.34. The summed E-state index contributed by atoms with van der Waals surface area (Å²) in [5.41, 5.74) is 0. The Kier molecular flexibility index (Phi) is 7.10. The zero-order chi connectivity index (χ0) is 14.3. The summed E-state index contributed by atoms with van der Waals surface area (Å²) in [7, 11) is 0. The van der Waals surface area contributed by atoms with Crippen LogP contribution in [0.5, 0.6) is 0 Å². The van der Waals surface area contributed by atoms with Crippen molar-refractivity contribution in [1.29, 1.82) is 0 Å². The number of hydrogen-bond donors (Lipinski definition) is 2. The predicted molar refractivity (Wildman–Crippen MR) is 73.5 cm³/mol. The molecule has 0 amide bonds. The van der Waals surface area contributed by atoms with Crippen LogP contribution in [0.3, 0.4) is 0 Å². The second-order valence-corrected chi connectivity index (χ2v) is 5.35. The van der Waals surface area contributed by atoms with Gasteiger partial charge >= 0.3 is 5.97 Å². The van der Waals surface area contributed by atoms with Gasteiger partial charge in [-0.15, -0.1) is 0 Å². The Morgan fingerprint density at radius 3 is 2.47 bits per heavy atom. The summed E-state index contributed by atoms with van der Waals surface area (Å²) in [5, 5.41) is 20.4. The van der Waals surface area contributed by atoms with E-state index in [1.165, 1.54) is 6.42 Å². The minimum atomic E-state index is -0.804. The highest BCUT2D eigenvalue weighted by molar-refractivity contribution is 5.81. The quantitative estimate of drug-likeness (QED) is 0.549. The summed E-state index contributed by atoms with van der Waals surface area (Å²) >= 11 is 0. The SMILES string of the molecule is C=CC(=O)OCC(O)C(C(O)CC)C1CCCCC1. The molecule has 1 rings (SSSR count). The third-order valence-electron chi connectivity index (χ3n) is 4.06. The Morgan fingerprint density at radius 1 is 1.32 bits per heavy atom. The summed E-state index contributed by atoms with van der Waals surface area (Å²) in [6.45, 7) is 5.16. The monoisotopic (exact) mass is 270 g/mol. The first-order chi connectivity index (χ1) is 9.10. The van der Waals surface area contributed by atoms with Crippen molar-refractivity contribution < 1.29 is 19.7 Å². The lowest BCUT2D eigenvalue weighted by atomic mass is 9.74. The number of carbonyl (C=O) groups excluding carboxylic acids is 1. The highest BCUT2D eigenvalue weighted by Gasteiger charge is 2.34. The van der Waals surface area contributed by atoms with E-state index in [-0.39, 0.29) is 12.5 Å². The van der Waals surface area contributed by atoms with E-state index in [1.807, 2.05) is 6.92 Å². The number of carbonyl (C=O) groups is 1. The summed E-state index contributed by atoms with van der Waals surface area (Å²) in [4.78, 5) is 11.0. The van der Waals surface area contributed by atoms with Gasteiger partial charge in [0.15, 0.2) is 0 Å². The van der Waals surface area contributed by atoms with E-state index in [9.17, 15) is 15.0 Å². The van der Waals surface area contributed by atoms with Crippen LogP contribution in [0, 0.1) is 11.8 Å². The van der Waals surface area contributed by atoms with Crippen molar-refractivity contribution >= 4 is 5.97 Å². The first kappa shape index (κ1) is 16.2. The topological polar surface area (TPSA) is 66.8 Å². The van der Waals surface area contributed by atoms with Crippen molar-refractivity contribution in [3.8, 4) is 0 Å². The summed E-state index contributed by atoms with van der Waals surface area (Å²) < 4.78 is 4.90. The van der Waals surface area contributed by atoms with Gasteiger partial charge in [0.05, 0.1) is 12.2 Å². The molecule has 1 aliphatic carbocycles. The largest absolute Gasteiger partial charge is 0.460 e. The van der Waals surface area contributed by atoms with Gasteiger partial charge in [0.2, 0.25) is 0 Å². The Bertz CT molecular complexity index is 284. The first-order valence-electron chi connectivity index (χ1n) is 7.25. The predicted octanol–water partition coefficient (Wildman–Crippen LogP) is 2.04. The van der Waals surface area contributed by atoms with Crippen LogP contribution >= 0.6 is 0 Å². The Labute approximate surface area is 115 Å². The fourth-order valence-electron chi connectivity index (χ4n) is 3.01. The standard InChI is InChI=1S/C15H26O4/c1-3-12(16)15(11-8-6-5-7-9-11)13(17)10-19-14(18)4-2/h4,11-13,15-17H,2-3,5-10H2,1H3. The summed E-state index contributed by atoms with van der Waals surface area (Å²) in [5.74, 6) is -0.420. The van der Waals surface area contributed by atoms with Gasteiger partial charge in [0.1, 0.15) is 6.61 Å². The number of esters is 1. The lowest BCUT2D eigenvalue weighted by Gasteiger charge is -2.36. The van der Waals surface area contributed by atoms with E-state index >= 15 is 0 Å². The van der Waals surface area contributed by atoms with Crippen LogP contribution in [-0.2, 0) is 9.53 Å². The van der Waals surface area contributed by atoms with Crippen molar-refractivity contribution in [3.63, 3.8) is 0 Å². The van der Waals surface area contributed by atoms with Crippen molar-refractivity contribution in [2.24, 2.45) is 11.8 Å². The molecule has 0 heterocycles. The molecule has 3 atom stereocenters. The maximum Gasteiger partial charge on any atom is 0.330 e. The zero-order valence-electron chi connectivity index (χ0n) is 11.8. The van der Waals surface area contributed by atoms with E-state index in [2.05, 4.69) is 6.58 Å². The highest BCUT2D eigenvalue weighted by atomic mass is 16.5. The van der Waals surface area contributed by atoms with E-state index in [0.29, 0.717) is 12.3 Å². The third kappa shape index (κ3) is 4.96. The van der Waals surface area contributed by atoms with Crippen LogP contribution < -0.4 is 0 Å². The van der Waals surface area contributed by atoms with Gasteiger partial charge < -0.3 is 14.9 Å². The molecular weight excluding hydrogens is 244 g/mol. The molecule has 19 heavy (non-hydrogen) atoms. The average molecular weight is 270 g/mol. The van der Waals surface area contributed by atoms with E-state index in [0.717, 1.165) is 31.8 Å². The smallest absolute Gasteiger partial charge is 0.330 e. The van der Waals surface area contributed by atoms with E-state index in [1.54, 1.807) is 0 Å². The van der Waals surface area contributed by atoms with Gasteiger partial charge in [0, 0.05) is 12.0 Å². The molecule has 2 N–H and O–H groups in total. The van der Waals surface area contributed by atoms with Gasteiger partial charge in [-0.3, -0.25) is 0 Å². The molecule has 110 valence electrons. The molecule has 3 unspecified atom stereocenters. The minimum absolute atomic E-state index is 0.0664. The van der Waals surface area contributed by atoms with Crippen molar-refractivity contribution in [2.45, 2.75) is 57.7 Å². The second kappa shape index (κ2) is 8.33. The molecule has 0 aliphatic heterocycles. The van der Waals surface area contributed by atoms with Crippen LogP contribution in [0.25, 0.3) is 0 Å². The average Bonchev–Trinajstić information content (AvgIpc) is 2.45. The number of ether oxygens (including phenoxy) is 1.